The molecule has 0 aliphatic carbocycles. The van der Waals surface area contributed by atoms with E-state index in [9.17, 15) is 9.59 Å². The predicted molar refractivity (Wildman–Crippen MR) is 66.8 cm³/mol. The molecule has 0 bridgehead atoms. The molecule has 1 aliphatic heterocycles. The van der Waals surface area contributed by atoms with E-state index in [2.05, 4.69) is 0 Å². The summed E-state index contributed by atoms with van der Waals surface area (Å²) in [5.74, 6) is -0.575. The van der Waals surface area contributed by atoms with Crippen molar-refractivity contribution in [3.8, 4) is 0 Å². The Hall–Kier alpha value is -2.10. The van der Waals surface area contributed by atoms with Gasteiger partial charge in [0.05, 0.1) is 5.52 Å². The first-order valence-electron chi connectivity index (χ1n) is 5.94. The zero-order chi connectivity index (χ0) is 12.9. The van der Waals surface area contributed by atoms with E-state index in [4.69, 9.17) is 4.74 Å². The van der Waals surface area contributed by atoms with Crippen molar-refractivity contribution in [2.75, 3.05) is 0 Å². The lowest BCUT2D eigenvalue weighted by atomic mass is 10.0. The van der Waals surface area contributed by atoms with Crippen LogP contribution in [0.2, 0.25) is 0 Å². The fourth-order valence-electron chi connectivity index (χ4n) is 2.62. The molecule has 1 aromatic carbocycles. The van der Waals surface area contributed by atoms with E-state index in [-0.39, 0.29) is 12.0 Å². The Kier molecular flexibility index (Phi) is 2.26. The number of rotatable bonds is 0. The zero-order valence-electron chi connectivity index (χ0n) is 10.3. The number of para-hydroxylation sites is 1. The molecular weight excluding hydrogens is 230 g/mol. The predicted octanol–water partition coefficient (Wildman–Crippen LogP) is 2.40. The van der Waals surface area contributed by atoms with Crippen LogP contribution in [0.5, 0.6) is 0 Å². The van der Waals surface area contributed by atoms with Gasteiger partial charge in [0.2, 0.25) is 5.91 Å². The smallest absolute Gasteiger partial charge is 0.356 e. The van der Waals surface area contributed by atoms with Gasteiger partial charge in [0.25, 0.3) is 0 Å². The third-order valence-corrected chi connectivity index (χ3v) is 3.29. The zero-order valence-corrected chi connectivity index (χ0v) is 10.3. The van der Waals surface area contributed by atoms with E-state index < -0.39 is 5.97 Å². The number of ether oxygens (including phenoxy) is 1. The number of carbonyl (C=O) groups is 2. The summed E-state index contributed by atoms with van der Waals surface area (Å²) in [5, 5.41) is 0.964. The molecule has 0 fully saturated rings. The minimum Gasteiger partial charge on any atom is -0.458 e. The first kappa shape index (κ1) is 11.0. The van der Waals surface area contributed by atoms with Gasteiger partial charge in [-0.3, -0.25) is 9.36 Å². The third kappa shape index (κ3) is 1.38. The van der Waals surface area contributed by atoms with Crippen molar-refractivity contribution < 1.29 is 14.3 Å². The fourth-order valence-corrected chi connectivity index (χ4v) is 2.62. The number of esters is 1. The van der Waals surface area contributed by atoms with Gasteiger partial charge >= 0.3 is 5.97 Å². The standard InChI is InChI=1S/C14H13NO3/c1-8-7-11-10-5-3-4-6-12(10)15(9(2)16)13(11)14(17)18-8/h3-6,8H,7H2,1-2H3/t8-/m1/s1. The van der Waals surface area contributed by atoms with Crippen LogP contribution in [0.1, 0.15) is 34.7 Å². The summed E-state index contributed by atoms with van der Waals surface area (Å²) in [6.07, 6.45) is 0.512. The van der Waals surface area contributed by atoms with E-state index in [0.717, 1.165) is 16.5 Å². The van der Waals surface area contributed by atoms with Crippen LogP contribution in [0, 0.1) is 0 Å². The second kappa shape index (κ2) is 3.70. The van der Waals surface area contributed by atoms with Gasteiger partial charge in [0.15, 0.2) is 0 Å². The quantitative estimate of drug-likeness (QED) is 0.667. The van der Waals surface area contributed by atoms with Crippen LogP contribution in [0.15, 0.2) is 24.3 Å². The Morgan fingerprint density at radius 1 is 1.39 bits per heavy atom. The largest absolute Gasteiger partial charge is 0.458 e. The molecular formula is C14H13NO3. The summed E-state index contributed by atoms with van der Waals surface area (Å²) >= 11 is 0. The van der Waals surface area contributed by atoms with Crippen molar-refractivity contribution in [1.82, 2.24) is 4.57 Å². The second-order valence-corrected chi connectivity index (χ2v) is 4.62. The Morgan fingerprint density at radius 2 is 2.11 bits per heavy atom. The van der Waals surface area contributed by atoms with E-state index in [1.807, 2.05) is 31.2 Å². The van der Waals surface area contributed by atoms with Crippen LogP contribution in [0.3, 0.4) is 0 Å². The van der Waals surface area contributed by atoms with Gasteiger partial charge in [-0.15, -0.1) is 0 Å². The number of carbonyl (C=O) groups excluding carboxylic acids is 2. The molecule has 92 valence electrons. The van der Waals surface area contributed by atoms with Gasteiger partial charge in [0.1, 0.15) is 11.8 Å². The maximum atomic E-state index is 12.0. The van der Waals surface area contributed by atoms with Gasteiger partial charge < -0.3 is 4.74 Å². The minimum absolute atomic E-state index is 0.142. The molecule has 1 aliphatic rings. The fraction of sp³-hybridized carbons (Fsp3) is 0.286. The average molecular weight is 243 g/mol. The van der Waals surface area contributed by atoms with Crippen LogP contribution in [0.25, 0.3) is 10.9 Å². The summed E-state index contributed by atoms with van der Waals surface area (Å²) < 4.78 is 6.68. The van der Waals surface area contributed by atoms with Gasteiger partial charge in [-0.05, 0) is 18.6 Å². The molecule has 1 atom stereocenters. The highest BCUT2D eigenvalue weighted by Gasteiger charge is 2.31. The third-order valence-electron chi connectivity index (χ3n) is 3.29. The van der Waals surface area contributed by atoms with Crippen molar-refractivity contribution in [2.24, 2.45) is 0 Å². The summed E-state index contributed by atoms with van der Waals surface area (Å²) in [6.45, 7) is 3.32. The lowest BCUT2D eigenvalue weighted by Gasteiger charge is -2.20. The number of hydrogen-bond donors (Lipinski definition) is 0. The number of nitrogens with zero attached hydrogens (tertiary/aromatic N) is 1. The summed E-state index contributed by atoms with van der Waals surface area (Å²) in [5.41, 5.74) is 2.09. The van der Waals surface area contributed by atoms with Crippen LogP contribution in [0.4, 0.5) is 0 Å². The Morgan fingerprint density at radius 3 is 2.83 bits per heavy atom. The van der Waals surface area contributed by atoms with Crippen molar-refractivity contribution >= 4 is 22.8 Å². The molecule has 2 aromatic rings. The average Bonchev–Trinajstić information content (AvgIpc) is 2.64. The van der Waals surface area contributed by atoms with Crippen molar-refractivity contribution in [3.05, 3.63) is 35.5 Å². The Labute approximate surface area is 104 Å². The van der Waals surface area contributed by atoms with E-state index >= 15 is 0 Å². The number of benzene rings is 1. The molecule has 4 nitrogen and oxygen atoms in total. The molecule has 0 saturated carbocycles. The number of aromatic nitrogens is 1. The molecule has 4 heteroatoms. The number of fused-ring (bicyclic) bond motifs is 3. The van der Waals surface area contributed by atoms with Gasteiger partial charge in [-0.1, -0.05) is 18.2 Å². The molecule has 0 radical (unpaired) electrons. The van der Waals surface area contributed by atoms with E-state index in [1.54, 1.807) is 0 Å². The van der Waals surface area contributed by atoms with Crippen LogP contribution >= 0.6 is 0 Å². The van der Waals surface area contributed by atoms with Crippen molar-refractivity contribution in [3.63, 3.8) is 0 Å². The first-order valence-corrected chi connectivity index (χ1v) is 5.94. The van der Waals surface area contributed by atoms with E-state index in [1.165, 1.54) is 11.5 Å². The summed E-state index contributed by atoms with van der Waals surface area (Å²) in [4.78, 5) is 23.8. The van der Waals surface area contributed by atoms with E-state index in [0.29, 0.717) is 12.1 Å². The normalized spacial score (nSPS) is 18.6. The highest BCUT2D eigenvalue weighted by Crippen LogP contribution is 2.31. The maximum Gasteiger partial charge on any atom is 0.356 e. The van der Waals surface area contributed by atoms with Crippen LogP contribution < -0.4 is 0 Å². The second-order valence-electron chi connectivity index (χ2n) is 4.62. The molecule has 0 spiro atoms. The molecule has 3 rings (SSSR count). The van der Waals surface area contributed by atoms with Crippen LogP contribution in [-0.4, -0.2) is 22.5 Å². The summed E-state index contributed by atoms with van der Waals surface area (Å²) in [7, 11) is 0. The highest BCUT2D eigenvalue weighted by molar-refractivity contribution is 6.05. The SMILES string of the molecule is CC(=O)n1c2c(c3ccccc31)C[C@@H](C)OC2=O. The van der Waals surface area contributed by atoms with Crippen molar-refractivity contribution in [2.45, 2.75) is 26.4 Å². The first-order chi connectivity index (χ1) is 8.59. The lowest BCUT2D eigenvalue weighted by Crippen LogP contribution is -2.27. The molecule has 0 saturated heterocycles. The molecule has 0 amide bonds. The lowest BCUT2D eigenvalue weighted by molar-refractivity contribution is 0.0286. The maximum absolute atomic E-state index is 12.0. The minimum atomic E-state index is -0.407. The summed E-state index contributed by atoms with van der Waals surface area (Å²) in [6, 6.07) is 7.58. The topological polar surface area (TPSA) is 48.3 Å². The van der Waals surface area contributed by atoms with Gasteiger partial charge in [-0.25, -0.2) is 4.79 Å². The highest BCUT2D eigenvalue weighted by atomic mass is 16.5. The monoisotopic (exact) mass is 243 g/mol. The van der Waals surface area contributed by atoms with Crippen LogP contribution in [-0.2, 0) is 11.2 Å². The van der Waals surface area contributed by atoms with Gasteiger partial charge in [-0.2, -0.15) is 0 Å². The Balaban J connectivity index is 2.43. The molecule has 2 heterocycles. The molecule has 0 N–H and O–H groups in total. The van der Waals surface area contributed by atoms with Crippen molar-refractivity contribution in [1.29, 1.82) is 0 Å². The Bertz CT molecular complexity index is 669. The number of cyclic esters (lactones) is 1. The van der Waals surface area contributed by atoms with Gasteiger partial charge in [0, 0.05) is 18.7 Å². The number of hydrogen-bond acceptors (Lipinski definition) is 3. The molecule has 1 aromatic heterocycles. The molecule has 18 heavy (non-hydrogen) atoms. The molecule has 0 unspecified atom stereocenters.